The van der Waals surface area contributed by atoms with Gasteiger partial charge in [0, 0.05) is 37.1 Å². The molecule has 3 rings (SSSR count). The van der Waals surface area contributed by atoms with E-state index < -0.39 is 0 Å². The quantitative estimate of drug-likeness (QED) is 0.905. The van der Waals surface area contributed by atoms with Crippen LogP contribution in [0.4, 0.5) is 5.69 Å². The molecule has 0 bridgehead atoms. The van der Waals surface area contributed by atoms with Crippen molar-refractivity contribution in [2.24, 2.45) is 0 Å². The second kappa shape index (κ2) is 7.88. The van der Waals surface area contributed by atoms with E-state index in [4.69, 9.17) is 9.47 Å². The van der Waals surface area contributed by atoms with Gasteiger partial charge in [0.15, 0.2) is 0 Å². The van der Waals surface area contributed by atoms with Crippen molar-refractivity contribution in [2.75, 3.05) is 32.2 Å². The van der Waals surface area contributed by atoms with Crippen molar-refractivity contribution in [3.63, 3.8) is 0 Å². The van der Waals surface area contributed by atoms with Crippen LogP contribution in [0.3, 0.4) is 0 Å². The molecule has 6 nitrogen and oxygen atoms in total. The molecule has 25 heavy (non-hydrogen) atoms. The van der Waals surface area contributed by atoms with E-state index in [1.165, 1.54) is 5.69 Å². The lowest BCUT2D eigenvalue weighted by atomic mass is 10.0. The third kappa shape index (κ3) is 4.21. The first kappa shape index (κ1) is 17.1. The maximum absolute atomic E-state index is 12.3. The van der Waals surface area contributed by atoms with Gasteiger partial charge < -0.3 is 19.7 Å². The zero-order valence-electron chi connectivity index (χ0n) is 14.6. The Morgan fingerprint density at radius 1 is 1.08 bits per heavy atom. The Kier molecular flexibility index (Phi) is 5.38. The Morgan fingerprint density at radius 2 is 1.80 bits per heavy atom. The Bertz CT molecular complexity index is 693. The number of nitrogens with one attached hydrogen (secondary N) is 1. The van der Waals surface area contributed by atoms with Gasteiger partial charge in [0.05, 0.1) is 19.8 Å². The molecule has 1 aromatic carbocycles. The predicted molar refractivity (Wildman–Crippen MR) is 96.5 cm³/mol. The predicted octanol–water partition coefficient (Wildman–Crippen LogP) is 2.50. The highest BCUT2D eigenvalue weighted by Crippen LogP contribution is 2.23. The molecule has 1 aliphatic heterocycles. The van der Waals surface area contributed by atoms with Gasteiger partial charge in [-0.2, -0.15) is 0 Å². The number of ether oxygens (including phenoxy) is 2. The monoisotopic (exact) mass is 341 g/mol. The van der Waals surface area contributed by atoms with E-state index in [-0.39, 0.29) is 11.9 Å². The summed E-state index contributed by atoms with van der Waals surface area (Å²) in [6.07, 6.45) is 3.38. The van der Waals surface area contributed by atoms with Gasteiger partial charge >= 0.3 is 0 Å². The van der Waals surface area contributed by atoms with Crippen LogP contribution in [0.25, 0.3) is 0 Å². The first-order valence-electron chi connectivity index (χ1n) is 8.39. The molecule has 0 atom stereocenters. The van der Waals surface area contributed by atoms with Gasteiger partial charge in [-0.1, -0.05) is 0 Å². The van der Waals surface area contributed by atoms with Gasteiger partial charge in [-0.05, 0) is 43.2 Å². The molecular weight excluding hydrogens is 318 g/mol. The van der Waals surface area contributed by atoms with Gasteiger partial charge in [0.2, 0.25) is 5.88 Å². The molecule has 0 unspecified atom stereocenters. The molecule has 0 radical (unpaired) electrons. The van der Waals surface area contributed by atoms with Gasteiger partial charge in [0.25, 0.3) is 5.91 Å². The number of carbonyl (C=O) groups excluding carboxylic acids is 1. The van der Waals surface area contributed by atoms with Gasteiger partial charge in [0.1, 0.15) is 5.75 Å². The van der Waals surface area contributed by atoms with E-state index in [2.05, 4.69) is 27.3 Å². The third-order valence-electron chi connectivity index (χ3n) is 4.48. The summed E-state index contributed by atoms with van der Waals surface area (Å²) < 4.78 is 10.2. The Balaban J connectivity index is 1.52. The SMILES string of the molecule is COc1ccc(N2CCC(NC(=O)c3ccc(OC)nc3)CC2)cc1. The van der Waals surface area contributed by atoms with E-state index >= 15 is 0 Å². The van der Waals surface area contributed by atoms with E-state index in [0.717, 1.165) is 31.7 Å². The number of pyridine rings is 1. The number of hydrogen-bond donors (Lipinski definition) is 1. The van der Waals surface area contributed by atoms with Crippen molar-refractivity contribution in [3.8, 4) is 11.6 Å². The lowest BCUT2D eigenvalue weighted by molar-refractivity contribution is 0.0930. The number of methoxy groups -OCH3 is 2. The van der Waals surface area contributed by atoms with Crippen molar-refractivity contribution in [2.45, 2.75) is 18.9 Å². The van der Waals surface area contributed by atoms with Crippen LogP contribution in [0.1, 0.15) is 23.2 Å². The van der Waals surface area contributed by atoms with Crippen LogP contribution in [0, 0.1) is 0 Å². The number of nitrogens with zero attached hydrogens (tertiary/aromatic N) is 2. The summed E-state index contributed by atoms with van der Waals surface area (Å²) in [4.78, 5) is 18.7. The van der Waals surface area contributed by atoms with Crippen molar-refractivity contribution in [3.05, 3.63) is 48.2 Å². The average Bonchev–Trinajstić information content (AvgIpc) is 2.68. The minimum absolute atomic E-state index is 0.0851. The number of hydrogen-bond acceptors (Lipinski definition) is 5. The number of anilines is 1. The molecule has 1 saturated heterocycles. The topological polar surface area (TPSA) is 63.7 Å². The molecular formula is C19H23N3O3. The van der Waals surface area contributed by atoms with E-state index in [9.17, 15) is 4.79 Å². The van der Waals surface area contributed by atoms with Crippen LogP contribution < -0.4 is 19.7 Å². The van der Waals surface area contributed by atoms with Crippen molar-refractivity contribution in [1.29, 1.82) is 0 Å². The molecule has 2 aromatic rings. The summed E-state index contributed by atoms with van der Waals surface area (Å²) in [5.41, 5.74) is 1.74. The second-order valence-electron chi connectivity index (χ2n) is 6.02. The fraction of sp³-hybridized carbons (Fsp3) is 0.368. The average molecular weight is 341 g/mol. The first-order chi connectivity index (χ1) is 12.2. The van der Waals surface area contributed by atoms with Crippen LogP contribution in [0.5, 0.6) is 11.6 Å². The normalized spacial score (nSPS) is 14.9. The number of aromatic nitrogens is 1. The summed E-state index contributed by atoms with van der Waals surface area (Å²) in [6.45, 7) is 1.83. The zero-order chi connectivity index (χ0) is 17.6. The zero-order valence-corrected chi connectivity index (χ0v) is 14.6. The Morgan fingerprint density at radius 3 is 2.36 bits per heavy atom. The minimum Gasteiger partial charge on any atom is -0.497 e. The van der Waals surface area contributed by atoms with Gasteiger partial charge in [-0.15, -0.1) is 0 Å². The number of amides is 1. The maximum Gasteiger partial charge on any atom is 0.253 e. The molecule has 132 valence electrons. The Hall–Kier alpha value is -2.76. The third-order valence-corrected chi connectivity index (χ3v) is 4.48. The van der Waals surface area contributed by atoms with Crippen LogP contribution in [0.2, 0.25) is 0 Å². The highest BCUT2D eigenvalue weighted by atomic mass is 16.5. The summed E-state index contributed by atoms with van der Waals surface area (Å²) in [5.74, 6) is 1.28. The largest absolute Gasteiger partial charge is 0.497 e. The lowest BCUT2D eigenvalue weighted by Gasteiger charge is -2.34. The van der Waals surface area contributed by atoms with Crippen molar-refractivity contribution in [1.82, 2.24) is 10.3 Å². The highest BCUT2D eigenvalue weighted by molar-refractivity contribution is 5.94. The molecule has 1 aliphatic rings. The van der Waals surface area contributed by atoms with Crippen LogP contribution in [-0.4, -0.2) is 44.2 Å². The molecule has 0 saturated carbocycles. The minimum atomic E-state index is -0.0851. The fourth-order valence-corrected chi connectivity index (χ4v) is 2.98. The molecule has 1 N–H and O–H groups in total. The highest BCUT2D eigenvalue weighted by Gasteiger charge is 2.21. The smallest absolute Gasteiger partial charge is 0.253 e. The van der Waals surface area contributed by atoms with E-state index in [1.807, 2.05) is 12.1 Å². The summed E-state index contributed by atoms with van der Waals surface area (Å²) in [7, 11) is 3.22. The summed E-state index contributed by atoms with van der Waals surface area (Å²) in [5, 5.41) is 3.10. The van der Waals surface area contributed by atoms with Crippen LogP contribution in [0.15, 0.2) is 42.6 Å². The van der Waals surface area contributed by atoms with Gasteiger partial charge in [-0.25, -0.2) is 4.98 Å². The lowest BCUT2D eigenvalue weighted by Crippen LogP contribution is -2.44. The molecule has 0 aliphatic carbocycles. The van der Waals surface area contributed by atoms with Gasteiger partial charge in [-0.3, -0.25) is 4.79 Å². The summed E-state index contributed by atoms with van der Waals surface area (Å²) >= 11 is 0. The molecule has 1 aromatic heterocycles. The van der Waals surface area contributed by atoms with Crippen molar-refractivity contribution >= 4 is 11.6 Å². The molecule has 1 fully saturated rings. The van der Waals surface area contributed by atoms with E-state index in [0.29, 0.717) is 11.4 Å². The summed E-state index contributed by atoms with van der Waals surface area (Å²) in [6, 6.07) is 11.7. The number of carbonyl (C=O) groups is 1. The standard InChI is InChI=1S/C19H23N3O3/c1-24-17-6-4-16(5-7-17)22-11-9-15(10-12-22)21-19(23)14-3-8-18(25-2)20-13-14/h3-8,13,15H,9-12H2,1-2H3,(H,21,23). The van der Waals surface area contributed by atoms with Crippen molar-refractivity contribution < 1.29 is 14.3 Å². The molecule has 1 amide bonds. The molecule has 2 heterocycles. The molecule has 0 spiro atoms. The first-order valence-corrected chi connectivity index (χ1v) is 8.39. The van der Waals surface area contributed by atoms with E-state index in [1.54, 1.807) is 32.5 Å². The maximum atomic E-state index is 12.3. The Labute approximate surface area is 147 Å². The van der Waals surface area contributed by atoms with Crippen LogP contribution in [-0.2, 0) is 0 Å². The number of benzene rings is 1. The molecule has 6 heteroatoms. The van der Waals surface area contributed by atoms with Crippen LogP contribution >= 0.6 is 0 Å². The second-order valence-corrected chi connectivity index (χ2v) is 6.02. The number of piperidine rings is 1. The fourth-order valence-electron chi connectivity index (χ4n) is 2.98. The number of rotatable bonds is 5.